The Balaban J connectivity index is 0.948. The van der Waals surface area contributed by atoms with Crippen LogP contribution in [0.3, 0.4) is 0 Å². The summed E-state index contributed by atoms with van der Waals surface area (Å²) in [4.78, 5) is 0. The molecule has 3 nitrogen and oxygen atoms in total. The predicted octanol–water partition coefficient (Wildman–Crippen LogP) is 14.5. The molecule has 57 heavy (non-hydrogen) atoms. The minimum atomic E-state index is 1.24. The summed E-state index contributed by atoms with van der Waals surface area (Å²) in [6.45, 7) is 0. The summed E-state index contributed by atoms with van der Waals surface area (Å²) < 4.78 is 7.41. The van der Waals surface area contributed by atoms with Crippen LogP contribution in [0.1, 0.15) is 0 Å². The average Bonchev–Trinajstić information content (AvgIpc) is 4.10. The van der Waals surface area contributed by atoms with Gasteiger partial charge in [0.1, 0.15) is 0 Å². The van der Waals surface area contributed by atoms with Gasteiger partial charge in [0.2, 0.25) is 0 Å². The number of fused-ring (bicyclic) bond motifs is 18. The Morgan fingerprint density at radius 1 is 0.193 bits per heavy atom. The van der Waals surface area contributed by atoms with E-state index in [2.05, 4.69) is 189 Å². The van der Waals surface area contributed by atoms with Crippen LogP contribution >= 0.6 is 0 Å². The molecule has 6 heterocycles. The molecule has 0 saturated carbocycles. The highest BCUT2D eigenvalue weighted by molar-refractivity contribution is 6.27. The summed E-state index contributed by atoms with van der Waals surface area (Å²) in [5, 5.41) is 15.7. The van der Waals surface area contributed by atoms with Gasteiger partial charge in [0, 0.05) is 64.6 Å². The molecule has 9 aromatic carbocycles. The number of rotatable bonds is 2. The molecule has 0 aliphatic rings. The summed E-state index contributed by atoms with van der Waals surface area (Å²) in [6, 6.07) is 66.1. The van der Waals surface area contributed by atoms with E-state index in [-0.39, 0.29) is 0 Å². The van der Waals surface area contributed by atoms with Crippen molar-refractivity contribution in [2.24, 2.45) is 0 Å². The van der Waals surface area contributed by atoms with Gasteiger partial charge in [0.05, 0.1) is 49.7 Å². The molecule has 0 N–H and O–H groups in total. The Kier molecular flexibility index (Phi) is 4.94. The maximum Gasteiger partial charge on any atom is 0.0620 e. The maximum absolute atomic E-state index is 2.50. The van der Waals surface area contributed by atoms with E-state index in [1.807, 2.05) is 0 Å². The zero-order chi connectivity index (χ0) is 36.7. The molecule has 0 aliphatic heterocycles. The summed E-state index contributed by atoms with van der Waals surface area (Å²) in [6.07, 6.45) is 0. The Morgan fingerprint density at radius 2 is 0.474 bits per heavy atom. The lowest BCUT2D eigenvalue weighted by Crippen LogP contribution is -1.84. The quantitative estimate of drug-likeness (QED) is 0.169. The van der Waals surface area contributed by atoms with Crippen molar-refractivity contribution in [3.05, 3.63) is 176 Å². The Hall–Kier alpha value is -7.62. The van der Waals surface area contributed by atoms with Crippen LogP contribution in [-0.2, 0) is 0 Å². The van der Waals surface area contributed by atoms with Crippen LogP contribution < -0.4 is 0 Å². The molecule has 0 saturated heterocycles. The molecule has 0 aliphatic carbocycles. The third-order valence-electron chi connectivity index (χ3n) is 13.4. The molecule has 0 spiro atoms. The van der Waals surface area contributed by atoms with Crippen LogP contribution in [0.15, 0.2) is 176 Å². The van der Waals surface area contributed by atoms with Gasteiger partial charge in [-0.2, -0.15) is 0 Å². The summed E-state index contributed by atoms with van der Waals surface area (Å²) in [5.74, 6) is 0. The van der Waals surface area contributed by atoms with Crippen LogP contribution in [0.25, 0.3) is 137 Å². The van der Waals surface area contributed by atoms with Gasteiger partial charge in [-0.3, -0.25) is 0 Å². The highest BCUT2D eigenvalue weighted by Gasteiger charge is 2.22. The van der Waals surface area contributed by atoms with Gasteiger partial charge in [-0.1, -0.05) is 103 Å². The summed E-state index contributed by atoms with van der Waals surface area (Å²) >= 11 is 0. The monoisotopic (exact) mass is 719 g/mol. The molecule has 0 bridgehead atoms. The normalized spacial score (nSPS) is 12.9. The molecule has 0 amide bonds. The maximum atomic E-state index is 2.50. The largest absolute Gasteiger partial charge is 0.308 e. The highest BCUT2D eigenvalue weighted by atomic mass is 14.9. The SMILES string of the molecule is c1ccc2c(c1)c1cc(-c3ccc4c(c3)c3cccc5c6cc(-c7cc8c9ccccc9n9c%10ccccc%10c(c7)c89)ccc6n4c35)cc3c4ccccc4n2c13. The molecule has 260 valence electrons. The smallest absolute Gasteiger partial charge is 0.0620 e. The van der Waals surface area contributed by atoms with Crippen LogP contribution in [0.5, 0.6) is 0 Å². The Labute approximate surface area is 324 Å². The van der Waals surface area contributed by atoms with Gasteiger partial charge in [0.15, 0.2) is 0 Å². The minimum absolute atomic E-state index is 1.24. The summed E-state index contributed by atoms with van der Waals surface area (Å²) in [7, 11) is 0. The zero-order valence-corrected chi connectivity index (χ0v) is 30.6. The molecule has 6 aromatic heterocycles. The van der Waals surface area contributed by atoms with Crippen molar-refractivity contribution in [1.82, 2.24) is 13.2 Å². The molecule has 15 rings (SSSR count). The Morgan fingerprint density at radius 3 is 0.842 bits per heavy atom. The topological polar surface area (TPSA) is 13.2 Å². The first kappa shape index (κ1) is 28.8. The van der Waals surface area contributed by atoms with E-state index < -0.39 is 0 Å². The summed E-state index contributed by atoms with van der Waals surface area (Å²) in [5.41, 5.74) is 16.5. The molecule has 15 aromatic rings. The average molecular weight is 720 g/mol. The fourth-order valence-electron chi connectivity index (χ4n) is 11.1. The van der Waals surface area contributed by atoms with E-state index in [9.17, 15) is 0 Å². The van der Waals surface area contributed by atoms with Gasteiger partial charge in [0.25, 0.3) is 0 Å². The second kappa shape index (κ2) is 9.78. The fourth-order valence-corrected chi connectivity index (χ4v) is 11.1. The van der Waals surface area contributed by atoms with Crippen molar-refractivity contribution >= 4 is 114 Å². The number of hydrogen-bond donors (Lipinski definition) is 0. The van der Waals surface area contributed by atoms with Crippen molar-refractivity contribution < 1.29 is 0 Å². The molecular formula is C54H29N3. The van der Waals surface area contributed by atoms with Gasteiger partial charge >= 0.3 is 0 Å². The third kappa shape index (κ3) is 3.35. The lowest BCUT2D eigenvalue weighted by atomic mass is 9.97. The predicted molar refractivity (Wildman–Crippen MR) is 241 cm³/mol. The van der Waals surface area contributed by atoms with Crippen LogP contribution in [0.4, 0.5) is 0 Å². The first-order valence-electron chi connectivity index (χ1n) is 19.9. The van der Waals surface area contributed by atoms with E-state index in [0.29, 0.717) is 0 Å². The van der Waals surface area contributed by atoms with Crippen LogP contribution in [-0.4, -0.2) is 13.2 Å². The zero-order valence-electron chi connectivity index (χ0n) is 30.6. The van der Waals surface area contributed by atoms with E-state index in [4.69, 9.17) is 0 Å². The molecule has 0 fully saturated rings. The first-order chi connectivity index (χ1) is 28.3. The van der Waals surface area contributed by atoms with Crippen LogP contribution in [0.2, 0.25) is 0 Å². The van der Waals surface area contributed by atoms with Gasteiger partial charge in [-0.15, -0.1) is 0 Å². The van der Waals surface area contributed by atoms with Gasteiger partial charge in [-0.25, -0.2) is 0 Å². The third-order valence-corrected chi connectivity index (χ3v) is 13.4. The lowest BCUT2D eigenvalue weighted by molar-refractivity contribution is 1.37. The van der Waals surface area contributed by atoms with E-state index in [1.54, 1.807) is 0 Å². The van der Waals surface area contributed by atoms with Gasteiger partial charge in [-0.05, 0) is 95.1 Å². The number of para-hydroxylation sites is 5. The van der Waals surface area contributed by atoms with Gasteiger partial charge < -0.3 is 13.2 Å². The number of benzene rings is 9. The highest BCUT2D eigenvalue weighted by Crippen LogP contribution is 2.46. The Bertz CT molecular complexity index is 3780. The van der Waals surface area contributed by atoms with Crippen LogP contribution in [0, 0.1) is 0 Å². The second-order valence-electron chi connectivity index (χ2n) is 16.1. The lowest BCUT2D eigenvalue weighted by Gasteiger charge is -2.07. The van der Waals surface area contributed by atoms with Crippen molar-refractivity contribution in [2.75, 3.05) is 0 Å². The number of hydrogen-bond acceptors (Lipinski definition) is 0. The second-order valence-corrected chi connectivity index (χ2v) is 16.1. The minimum Gasteiger partial charge on any atom is -0.308 e. The van der Waals surface area contributed by atoms with Crippen molar-refractivity contribution in [3.8, 4) is 22.3 Å². The van der Waals surface area contributed by atoms with E-state index >= 15 is 0 Å². The van der Waals surface area contributed by atoms with E-state index in [1.165, 1.54) is 137 Å². The number of nitrogens with zero attached hydrogens (tertiary/aromatic N) is 3. The first-order valence-corrected chi connectivity index (χ1v) is 19.9. The molecule has 0 radical (unpaired) electrons. The van der Waals surface area contributed by atoms with Crippen molar-refractivity contribution in [2.45, 2.75) is 0 Å². The molecule has 3 heteroatoms. The molecular weight excluding hydrogens is 691 g/mol. The molecule has 0 atom stereocenters. The molecule has 0 unspecified atom stereocenters. The number of aromatic nitrogens is 3. The standard InChI is InChI=1S/C54H29N3/c1-5-16-46-34(10-1)42-26-32(27-43-35-11-2-6-17-47(35)55(46)53(42)43)30-20-22-50-40(24-30)38-14-9-15-39-41-25-31(21-23-51(41)57(50)52(38)39)33-28-44-36-12-3-7-18-48(36)56-49-19-8-4-13-37(49)45(29-33)54(44)56/h1-29H. The van der Waals surface area contributed by atoms with Crippen molar-refractivity contribution in [1.29, 1.82) is 0 Å². The van der Waals surface area contributed by atoms with E-state index in [0.717, 1.165) is 0 Å². The fraction of sp³-hybridized carbons (Fsp3) is 0. The van der Waals surface area contributed by atoms with Crippen molar-refractivity contribution in [3.63, 3.8) is 0 Å².